The van der Waals surface area contributed by atoms with Gasteiger partial charge < -0.3 is 15.2 Å². The number of thioether (sulfide) groups is 1. The molecule has 0 aromatic heterocycles. The van der Waals surface area contributed by atoms with Gasteiger partial charge in [0.15, 0.2) is 6.79 Å². The van der Waals surface area contributed by atoms with Crippen molar-refractivity contribution < 1.29 is 9.47 Å². The van der Waals surface area contributed by atoms with E-state index in [1.807, 2.05) is 12.1 Å². The summed E-state index contributed by atoms with van der Waals surface area (Å²) in [6.07, 6.45) is 0. The van der Waals surface area contributed by atoms with E-state index in [-0.39, 0.29) is 0 Å². The fourth-order valence-corrected chi connectivity index (χ4v) is 2.74. The smallest absolute Gasteiger partial charge is 0.189 e. The van der Waals surface area contributed by atoms with Gasteiger partial charge in [-0.3, -0.25) is 0 Å². The van der Waals surface area contributed by atoms with Crippen molar-refractivity contribution in [3.8, 4) is 5.75 Å². The molecule has 1 atom stereocenters. The van der Waals surface area contributed by atoms with Crippen molar-refractivity contribution in [2.45, 2.75) is 24.5 Å². The summed E-state index contributed by atoms with van der Waals surface area (Å²) in [7, 11) is 0. The molecule has 1 aromatic carbocycles. The van der Waals surface area contributed by atoms with Gasteiger partial charge in [0, 0.05) is 33.7 Å². The van der Waals surface area contributed by atoms with Crippen LogP contribution in [0.3, 0.4) is 0 Å². The van der Waals surface area contributed by atoms with Crippen molar-refractivity contribution in [2.24, 2.45) is 5.73 Å². The second-order valence-electron chi connectivity index (χ2n) is 4.02. The van der Waals surface area contributed by atoms with Crippen molar-refractivity contribution in [1.82, 2.24) is 0 Å². The molecule has 1 aromatic rings. The Kier molecular flexibility index (Phi) is 4.56. The minimum atomic E-state index is 0.318. The first-order valence-electron chi connectivity index (χ1n) is 5.54. The molecule has 0 radical (unpaired) electrons. The molecular weight excluding hydrogens is 258 g/mol. The minimum absolute atomic E-state index is 0.318. The average Bonchev–Trinajstić information content (AvgIpc) is 2.35. The molecule has 2 N–H and O–H groups in total. The van der Waals surface area contributed by atoms with Crippen molar-refractivity contribution in [3.05, 3.63) is 28.3 Å². The summed E-state index contributed by atoms with van der Waals surface area (Å²) in [6, 6.07) is 3.86. The number of benzene rings is 1. The third-order valence-corrected chi connectivity index (χ3v) is 4.06. The number of nitrogens with two attached hydrogens (primary N) is 1. The third kappa shape index (κ3) is 3.28. The zero-order valence-electron chi connectivity index (χ0n) is 9.74. The lowest BCUT2D eigenvalue weighted by Crippen LogP contribution is -2.15. The Labute approximate surface area is 111 Å². The molecule has 2 rings (SSSR count). The van der Waals surface area contributed by atoms with E-state index in [4.69, 9.17) is 26.8 Å². The Balaban J connectivity index is 2.17. The quantitative estimate of drug-likeness (QED) is 0.916. The lowest BCUT2D eigenvalue weighted by Gasteiger charge is -2.21. The summed E-state index contributed by atoms with van der Waals surface area (Å²) < 4.78 is 10.8. The van der Waals surface area contributed by atoms with Gasteiger partial charge >= 0.3 is 0 Å². The van der Waals surface area contributed by atoms with E-state index in [9.17, 15) is 0 Å². The van der Waals surface area contributed by atoms with E-state index in [0.717, 1.165) is 27.7 Å². The van der Waals surface area contributed by atoms with Crippen LogP contribution in [-0.4, -0.2) is 18.6 Å². The summed E-state index contributed by atoms with van der Waals surface area (Å²) in [5, 5.41) is 1.17. The normalized spacial score (nSPS) is 16.2. The monoisotopic (exact) mass is 273 g/mol. The Morgan fingerprint density at radius 3 is 3.12 bits per heavy atom. The second-order valence-corrected chi connectivity index (χ2v) is 5.88. The van der Waals surface area contributed by atoms with Crippen LogP contribution in [0.4, 0.5) is 0 Å². The summed E-state index contributed by atoms with van der Waals surface area (Å²) in [5.74, 6) is 1.79. The van der Waals surface area contributed by atoms with E-state index in [1.54, 1.807) is 11.8 Å². The summed E-state index contributed by atoms with van der Waals surface area (Å²) in [5.41, 5.74) is 7.76. The van der Waals surface area contributed by atoms with Crippen LogP contribution in [0.5, 0.6) is 5.75 Å². The van der Waals surface area contributed by atoms with Crippen LogP contribution in [0.1, 0.15) is 18.1 Å². The third-order valence-electron chi connectivity index (χ3n) is 2.61. The fourth-order valence-electron chi connectivity index (χ4n) is 1.66. The maximum atomic E-state index is 6.09. The van der Waals surface area contributed by atoms with Gasteiger partial charge in [0.2, 0.25) is 0 Å². The Morgan fingerprint density at radius 2 is 2.35 bits per heavy atom. The van der Waals surface area contributed by atoms with E-state index in [1.165, 1.54) is 0 Å². The summed E-state index contributed by atoms with van der Waals surface area (Å²) in [6.45, 7) is 3.68. The maximum absolute atomic E-state index is 6.09. The molecule has 3 nitrogen and oxygen atoms in total. The van der Waals surface area contributed by atoms with Gasteiger partial charge in [-0.25, -0.2) is 0 Å². The molecule has 0 saturated heterocycles. The lowest BCUT2D eigenvalue weighted by atomic mass is 10.1. The number of fused-ring (bicyclic) bond motifs is 1. The average molecular weight is 274 g/mol. The molecular formula is C12H16ClNO2S. The standard InChI is InChI=1S/C12H16ClNO2S/c1-8(4-14)17-6-10-3-11(13)2-9-5-15-7-16-12(9)10/h2-3,8H,4-7,14H2,1H3. The van der Waals surface area contributed by atoms with E-state index in [2.05, 4.69) is 6.92 Å². The molecule has 17 heavy (non-hydrogen) atoms. The molecule has 0 bridgehead atoms. The lowest BCUT2D eigenvalue weighted by molar-refractivity contribution is -0.0168. The van der Waals surface area contributed by atoms with E-state index in [0.29, 0.717) is 25.2 Å². The van der Waals surface area contributed by atoms with Crippen molar-refractivity contribution in [3.63, 3.8) is 0 Å². The zero-order valence-corrected chi connectivity index (χ0v) is 11.3. The molecule has 94 valence electrons. The highest BCUT2D eigenvalue weighted by Gasteiger charge is 2.16. The van der Waals surface area contributed by atoms with Gasteiger partial charge in [-0.05, 0) is 12.1 Å². The minimum Gasteiger partial charge on any atom is -0.467 e. The topological polar surface area (TPSA) is 44.5 Å². The molecule has 0 amide bonds. The SMILES string of the molecule is CC(CN)SCc1cc(Cl)cc2c1OCOC2. The Bertz CT molecular complexity index is 400. The van der Waals surface area contributed by atoms with Crippen LogP contribution < -0.4 is 10.5 Å². The molecule has 1 aliphatic rings. The second kappa shape index (κ2) is 5.96. The number of rotatable bonds is 4. The fraction of sp³-hybridized carbons (Fsp3) is 0.500. The molecule has 0 aliphatic carbocycles. The molecule has 0 spiro atoms. The van der Waals surface area contributed by atoms with Gasteiger partial charge in [-0.1, -0.05) is 18.5 Å². The molecule has 5 heteroatoms. The van der Waals surface area contributed by atoms with Crippen LogP contribution >= 0.6 is 23.4 Å². The first-order valence-corrected chi connectivity index (χ1v) is 6.97. The van der Waals surface area contributed by atoms with E-state index >= 15 is 0 Å². The molecule has 1 aliphatic heterocycles. The Hall–Kier alpha value is -0.420. The van der Waals surface area contributed by atoms with Gasteiger partial charge in [0.1, 0.15) is 5.75 Å². The number of hydrogen-bond acceptors (Lipinski definition) is 4. The van der Waals surface area contributed by atoms with Crippen LogP contribution in [0.2, 0.25) is 5.02 Å². The number of hydrogen-bond donors (Lipinski definition) is 1. The first kappa shape index (κ1) is 13.0. The maximum Gasteiger partial charge on any atom is 0.189 e. The van der Waals surface area contributed by atoms with Crippen LogP contribution in [0, 0.1) is 0 Å². The molecule has 0 saturated carbocycles. The van der Waals surface area contributed by atoms with Gasteiger partial charge in [0.25, 0.3) is 0 Å². The van der Waals surface area contributed by atoms with Crippen molar-refractivity contribution in [2.75, 3.05) is 13.3 Å². The molecule has 1 unspecified atom stereocenters. The summed E-state index contributed by atoms with van der Waals surface area (Å²) in [4.78, 5) is 0. The Morgan fingerprint density at radius 1 is 1.53 bits per heavy atom. The van der Waals surface area contributed by atoms with Gasteiger partial charge in [-0.15, -0.1) is 0 Å². The predicted octanol–water partition coefficient (Wildman–Crippen LogP) is 2.79. The largest absolute Gasteiger partial charge is 0.467 e. The summed E-state index contributed by atoms with van der Waals surface area (Å²) >= 11 is 7.89. The highest BCUT2D eigenvalue weighted by molar-refractivity contribution is 7.99. The van der Waals surface area contributed by atoms with Crippen LogP contribution in [0.15, 0.2) is 12.1 Å². The van der Waals surface area contributed by atoms with E-state index < -0.39 is 0 Å². The first-order chi connectivity index (χ1) is 8.20. The van der Waals surface area contributed by atoms with Crippen LogP contribution in [-0.2, 0) is 17.1 Å². The van der Waals surface area contributed by atoms with Crippen molar-refractivity contribution >= 4 is 23.4 Å². The highest BCUT2D eigenvalue weighted by Crippen LogP contribution is 2.34. The number of halogens is 1. The van der Waals surface area contributed by atoms with Crippen molar-refractivity contribution in [1.29, 1.82) is 0 Å². The highest BCUT2D eigenvalue weighted by atomic mass is 35.5. The zero-order chi connectivity index (χ0) is 12.3. The number of ether oxygens (including phenoxy) is 2. The van der Waals surface area contributed by atoms with Crippen LogP contribution in [0.25, 0.3) is 0 Å². The predicted molar refractivity (Wildman–Crippen MR) is 71.5 cm³/mol. The molecule has 0 fully saturated rings. The van der Waals surface area contributed by atoms with Gasteiger partial charge in [0.05, 0.1) is 6.61 Å². The molecule has 1 heterocycles. The van der Waals surface area contributed by atoms with Gasteiger partial charge in [-0.2, -0.15) is 11.8 Å².